The minimum Gasteiger partial charge on any atom is -0.311 e. The van der Waals surface area contributed by atoms with Crippen LogP contribution < -0.4 is 10.9 Å². The van der Waals surface area contributed by atoms with Crippen molar-refractivity contribution in [3.63, 3.8) is 0 Å². The van der Waals surface area contributed by atoms with Gasteiger partial charge in [-0.15, -0.1) is 0 Å². The molecule has 3 aromatic rings. The SMILES string of the molecule is CC(C)n1nc(-c2nc(NC=O)c(C#N)nc2-c2ccccc2)ccc1=O. The summed E-state index contributed by atoms with van der Waals surface area (Å²) in [7, 11) is 0. The molecule has 8 heteroatoms. The number of hydrogen-bond acceptors (Lipinski definition) is 6. The van der Waals surface area contributed by atoms with Crippen LogP contribution in [0.5, 0.6) is 0 Å². The van der Waals surface area contributed by atoms with Crippen LogP contribution in [0, 0.1) is 11.3 Å². The monoisotopic (exact) mass is 360 g/mol. The molecule has 0 unspecified atom stereocenters. The molecular formula is C19H16N6O2. The van der Waals surface area contributed by atoms with Crippen LogP contribution in [0.3, 0.4) is 0 Å². The van der Waals surface area contributed by atoms with Crippen molar-refractivity contribution in [2.75, 3.05) is 5.32 Å². The number of carbonyl (C=O) groups excluding carboxylic acids is 1. The Bertz CT molecular complexity index is 1080. The molecule has 1 N–H and O–H groups in total. The molecule has 0 atom stereocenters. The third kappa shape index (κ3) is 3.57. The second-order valence-corrected chi connectivity index (χ2v) is 5.95. The van der Waals surface area contributed by atoms with Gasteiger partial charge in [0.25, 0.3) is 5.56 Å². The average Bonchev–Trinajstić information content (AvgIpc) is 2.69. The van der Waals surface area contributed by atoms with Gasteiger partial charge in [-0.2, -0.15) is 10.4 Å². The number of nitrogens with one attached hydrogen (secondary N) is 1. The summed E-state index contributed by atoms with van der Waals surface area (Å²) in [5, 5.41) is 16.1. The Labute approximate surface area is 155 Å². The highest BCUT2D eigenvalue weighted by atomic mass is 16.1. The van der Waals surface area contributed by atoms with E-state index in [1.165, 1.54) is 10.7 Å². The van der Waals surface area contributed by atoms with Crippen LogP contribution in [0.25, 0.3) is 22.6 Å². The zero-order valence-electron chi connectivity index (χ0n) is 14.7. The van der Waals surface area contributed by atoms with Crippen molar-refractivity contribution in [1.29, 1.82) is 5.26 Å². The van der Waals surface area contributed by atoms with E-state index in [0.29, 0.717) is 23.5 Å². The molecule has 3 rings (SSSR count). The number of aromatic nitrogens is 4. The topological polar surface area (TPSA) is 114 Å². The largest absolute Gasteiger partial charge is 0.311 e. The van der Waals surface area contributed by atoms with Gasteiger partial charge < -0.3 is 5.32 Å². The molecule has 0 bridgehead atoms. The first-order chi connectivity index (χ1) is 13.0. The zero-order chi connectivity index (χ0) is 19.4. The molecule has 0 aliphatic rings. The molecule has 27 heavy (non-hydrogen) atoms. The molecule has 0 saturated carbocycles. The van der Waals surface area contributed by atoms with Gasteiger partial charge in [-0.05, 0) is 19.9 Å². The van der Waals surface area contributed by atoms with Crippen molar-refractivity contribution < 1.29 is 4.79 Å². The molecule has 134 valence electrons. The summed E-state index contributed by atoms with van der Waals surface area (Å²) in [6, 6.07) is 14.0. The highest BCUT2D eigenvalue weighted by Gasteiger charge is 2.18. The van der Waals surface area contributed by atoms with E-state index in [0.717, 1.165) is 5.56 Å². The predicted octanol–water partition coefficient (Wildman–Crippen LogP) is 2.39. The molecule has 0 aliphatic carbocycles. The van der Waals surface area contributed by atoms with Gasteiger partial charge >= 0.3 is 0 Å². The summed E-state index contributed by atoms with van der Waals surface area (Å²) < 4.78 is 1.34. The fourth-order valence-electron chi connectivity index (χ4n) is 2.57. The fourth-order valence-corrected chi connectivity index (χ4v) is 2.57. The third-order valence-corrected chi connectivity index (χ3v) is 3.80. The van der Waals surface area contributed by atoms with E-state index in [4.69, 9.17) is 0 Å². The van der Waals surface area contributed by atoms with Crippen molar-refractivity contribution in [3.05, 3.63) is 58.5 Å². The lowest BCUT2D eigenvalue weighted by Crippen LogP contribution is -2.24. The van der Waals surface area contributed by atoms with Crippen molar-refractivity contribution in [1.82, 2.24) is 19.7 Å². The maximum atomic E-state index is 12.0. The van der Waals surface area contributed by atoms with Gasteiger partial charge in [0.2, 0.25) is 6.41 Å². The normalized spacial score (nSPS) is 10.4. The van der Waals surface area contributed by atoms with Crippen molar-refractivity contribution in [2.45, 2.75) is 19.9 Å². The number of hydrogen-bond donors (Lipinski definition) is 1. The van der Waals surface area contributed by atoms with Crippen LogP contribution in [0.1, 0.15) is 25.6 Å². The molecule has 2 heterocycles. The first kappa shape index (κ1) is 17.9. The standard InChI is InChI=1S/C19H16N6O2/c1-12(2)25-16(27)9-8-14(24-25)18-17(13-6-4-3-5-7-13)22-15(10-20)19(23-18)21-11-26/h3-9,11-12H,1-2H3,(H,21,23,26). The minimum absolute atomic E-state index is 0.0121. The maximum Gasteiger partial charge on any atom is 0.267 e. The second-order valence-electron chi connectivity index (χ2n) is 5.95. The molecular weight excluding hydrogens is 344 g/mol. The molecule has 2 aromatic heterocycles. The Kier molecular flexibility index (Phi) is 5.04. The molecule has 0 fully saturated rings. The van der Waals surface area contributed by atoms with E-state index in [-0.39, 0.29) is 23.1 Å². The number of nitrogens with zero attached hydrogens (tertiary/aromatic N) is 5. The van der Waals surface area contributed by atoms with Gasteiger partial charge in [0.15, 0.2) is 11.5 Å². The molecule has 1 amide bonds. The first-order valence-corrected chi connectivity index (χ1v) is 8.23. The number of rotatable bonds is 5. The van der Waals surface area contributed by atoms with Crippen LogP contribution in [-0.2, 0) is 4.79 Å². The molecule has 1 aromatic carbocycles. The molecule has 8 nitrogen and oxygen atoms in total. The number of amides is 1. The Balaban J connectivity index is 2.32. The van der Waals surface area contributed by atoms with Gasteiger partial charge in [-0.1, -0.05) is 30.3 Å². The van der Waals surface area contributed by atoms with E-state index in [1.807, 2.05) is 50.2 Å². The number of nitriles is 1. The van der Waals surface area contributed by atoms with Crippen molar-refractivity contribution in [3.8, 4) is 28.7 Å². The van der Waals surface area contributed by atoms with E-state index in [2.05, 4.69) is 20.4 Å². The summed E-state index contributed by atoms with van der Waals surface area (Å²) in [5.74, 6) is 0.0336. The van der Waals surface area contributed by atoms with Gasteiger partial charge in [0, 0.05) is 11.6 Å². The fraction of sp³-hybridized carbons (Fsp3) is 0.158. The average molecular weight is 360 g/mol. The van der Waals surface area contributed by atoms with E-state index in [1.54, 1.807) is 6.07 Å². The zero-order valence-corrected chi connectivity index (χ0v) is 14.7. The number of anilines is 1. The first-order valence-electron chi connectivity index (χ1n) is 8.23. The molecule has 0 radical (unpaired) electrons. The summed E-state index contributed by atoms with van der Waals surface area (Å²) in [6.45, 7) is 3.69. The van der Waals surface area contributed by atoms with Crippen LogP contribution >= 0.6 is 0 Å². The van der Waals surface area contributed by atoms with Crippen molar-refractivity contribution in [2.24, 2.45) is 0 Å². The third-order valence-electron chi connectivity index (χ3n) is 3.80. The van der Waals surface area contributed by atoms with E-state index in [9.17, 15) is 14.9 Å². The van der Waals surface area contributed by atoms with E-state index < -0.39 is 0 Å². The summed E-state index contributed by atoms with van der Waals surface area (Å²) >= 11 is 0. The van der Waals surface area contributed by atoms with Crippen LogP contribution in [0.4, 0.5) is 5.82 Å². The lowest BCUT2D eigenvalue weighted by Gasteiger charge is -2.13. The molecule has 0 saturated heterocycles. The second kappa shape index (κ2) is 7.58. The number of benzene rings is 1. The smallest absolute Gasteiger partial charge is 0.267 e. The quantitative estimate of drug-likeness (QED) is 0.699. The highest BCUT2D eigenvalue weighted by Crippen LogP contribution is 2.29. The van der Waals surface area contributed by atoms with Crippen molar-refractivity contribution >= 4 is 12.2 Å². The summed E-state index contributed by atoms with van der Waals surface area (Å²) in [6.07, 6.45) is 0.430. The van der Waals surface area contributed by atoms with Crippen LogP contribution in [0.15, 0.2) is 47.3 Å². The van der Waals surface area contributed by atoms with Gasteiger partial charge in [0.05, 0.1) is 11.7 Å². The summed E-state index contributed by atoms with van der Waals surface area (Å²) in [4.78, 5) is 31.7. The minimum atomic E-state index is -0.233. The van der Waals surface area contributed by atoms with Crippen LogP contribution in [0.2, 0.25) is 0 Å². The molecule has 0 spiro atoms. The predicted molar refractivity (Wildman–Crippen MR) is 99.7 cm³/mol. The summed E-state index contributed by atoms with van der Waals surface area (Å²) in [5.41, 5.74) is 1.69. The Morgan fingerprint density at radius 2 is 1.85 bits per heavy atom. The van der Waals surface area contributed by atoms with Gasteiger partial charge in [-0.3, -0.25) is 9.59 Å². The Morgan fingerprint density at radius 1 is 1.11 bits per heavy atom. The van der Waals surface area contributed by atoms with E-state index >= 15 is 0 Å². The van der Waals surface area contributed by atoms with Gasteiger partial charge in [0.1, 0.15) is 17.5 Å². The highest BCUT2D eigenvalue weighted by molar-refractivity contribution is 5.80. The Morgan fingerprint density at radius 3 is 2.48 bits per heavy atom. The van der Waals surface area contributed by atoms with Gasteiger partial charge in [-0.25, -0.2) is 14.6 Å². The maximum absolute atomic E-state index is 12.0. The lowest BCUT2D eigenvalue weighted by molar-refractivity contribution is -0.105. The number of carbonyl (C=O) groups is 1. The molecule has 0 aliphatic heterocycles. The Hall–Kier alpha value is -3.86. The van der Waals surface area contributed by atoms with Crippen LogP contribution in [-0.4, -0.2) is 26.2 Å². The lowest BCUT2D eigenvalue weighted by atomic mass is 10.1.